The number of para-hydroxylation sites is 1. The second kappa shape index (κ2) is 7.97. The molecule has 0 spiro atoms. The van der Waals surface area contributed by atoms with E-state index in [1.807, 2.05) is 54.6 Å². The maximum atomic E-state index is 12.0. The van der Waals surface area contributed by atoms with E-state index in [4.69, 9.17) is 4.74 Å². The van der Waals surface area contributed by atoms with Crippen LogP contribution in [0.3, 0.4) is 0 Å². The Balaban J connectivity index is 1.50. The van der Waals surface area contributed by atoms with Crippen LogP contribution in [0.4, 0.5) is 0 Å². The normalized spacial score (nSPS) is 13.8. The Hall–Kier alpha value is -2.33. The zero-order chi connectivity index (χ0) is 16.8. The fourth-order valence-corrected chi connectivity index (χ4v) is 2.71. The van der Waals surface area contributed by atoms with E-state index in [0.717, 1.165) is 29.5 Å². The van der Waals surface area contributed by atoms with Gasteiger partial charge in [0.1, 0.15) is 5.75 Å². The fourth-order valence-electron chi connectivity index (χ4n) is 2.71. The Labute approximate surface area is 143 Å². The van der Waals surface area contributed by atoms with Gasteiger partial charge in [-0.25, -0.2) is 0 Å². The number of hydrogen-bond donors (Lipinski definition) is 1. The summed E-state index contributed by atoms with van der Waals surface area (Å²) in [6.45, 7) is 1.59. The lowest BCUT2D eigenvalue weighted by atomic mass is 10.1. The van der Waals surface area contributed by atoms with E-state index in [-0.39, 0.29) is 12.5 Å². The largest absolute Gasteiger partial charge is 0.483 e. The number of rotatable bonds is 8. The van der Waals surface area contributed by atoms with Crippen LogP contribution in [0.5, 0.6) is 5.75 Å². The van der Waals surface area contributed by atoms with Gasteiger partial charge in [-0.3, -0.25) is 4.79 Å². The summed E-state index contributed by atoms with van der Waals surface area (Å²) < 4.78 is 5.75. The van der Waals surface area contributed by atoms with Crippen LogP contribution in [0.25, 0.3) is 11.1 Å². The lowest BCUT2D eigenvalue weighted by molar-refractivity contribution is -0.123. The van der Waals surface area contributed by atoms with Gasteiger partial charge in [0.2, 0.25) is 0 Å². The van der Waals surface area contributed by atoms with E-state index in [1.165, 1.54) is 12.8 Å². The summed E-state index contributed by atoms with van der Waals surface area (Å²) in [5, 5.41) is 2.92. The van der Waals surface area contributed by atoms with Crippen LogP contribution < -0.4 is 10.1 Å². The second-order valence-corrected chi connectivity index (χ2v) is 6.21. The van der Waals surface area contributed by atoms with Crippen molar-refractivity contribution in [2.75, 3.05) is 26.7 Å². The van der Waals surface area contributed by atoms with Crippen LogP contribution in [0, 0.1) is 0 Å². The van der Waals surface area contributed by atoms with Crippen molar-refractivity contribution in [3.05, 3.63) is 54.6 Å². The highest BCUT2D eigenvalue weighted by Crippen LogP contribution is 2.29. The molecule has 1 N–H and O–H groups in total. The maximum Gasteiger partial charge on any atom is 0.257 e. The molecule has 24 heavy (non-hydrogen) atoms. The number of nitrogens with one attached hydrogen (secondary N) is 1. The zero-order valence-electron chi connectivity index (χ0n) is 14.1. The van der Waals surface area contributed by atoms with Gasteiger partial charge >= 0.3 is 0 Å². The number of benzene rings is 2. The number of carbonyl (C=O) groups is 1. The van der Waals surface area contributed by atoms with Crippen molar-refractivity contribution in [1.29, 1.82) is 0 Å². The number of amides is 1. The first-order chi connectivity index (χ1) is 11.7. The molecule has 0 aromatic heterocycles. The van der Waals surface area contributed by atoms with E-state index < -0.39 is 0 Å². The van der Waals surface area contributed by atoms with E-state index >= 15 is 0 Å². The first-order valence-electron chi connectivity index (χ1n) is 8.48. The minimum absolute atomic E-state index is 0.0387. The molecule has 1 aliphatic rings. The Morgan fingerprint density at radius 1 is 1.12 bits per heavy atom. The number of ether oxygens (including phenoxy) is 1. The van der Waals surface area contributed by atoms with Gasteiger partial charge < -0.3 is 15.0 Å². The van der Waals surface area contributed by atoms with Gasteiger partial charge in [-0.1, -0.05) is 48.5 Å². The Morgan fingerprint density at radius 3 is 2.58 bits per heavy atom. The van der Waals surface area contributed by atoms with E-state index in [2.05, 4.69) is 17.3 Å². The van der Waals surface area contributed by atoms with Crippen molar-refractivity contribution < 1.29 is 9.53 Å². The predicted molar refractivity (Wildman–Crippen MR) is 96.0 cm³/mol. The topological polar surface area (TPSA) is 41.6 Å². The van der Waals surface area contributed by atoms with Crippen molar-refractivity contribution in [3.8, 4) is 16.9 Å². The van der Waals surface area contributed by atoms with Gasteiger partial charge in [0.05, 0.1) is 0 Å². The molecule has 2 aromatic carbocycles. The highest BCUT2D eigenvalue weighted by atomic mass is 16.5. The van der Waals surface area contributed by atoms with Crippen molar-refractivity contribution >= 4 is 5.91 Å². The molecule has 1 aliphatic carbocycles. The smallest absolute Gasteiger partial charge is 0.257 e. The third-order valence-corrected chi connectivity index (χ3v) is 4.29. The van der Waals surface area contributed by atoms with Gasteiger partial charge in [0.15, 0.2) is 6.61 Å². The summed E-state index contributed by atoms with van der Waals surface area (Å²) in [4.78, 5) is 14.3. The van der Waals surface area contributed by atoms with Gasteiger partial charge in [-0.05, 0) is 31.5 Å². The van der Waals surface area contributed by atoms with Gasteiger partial charge in [-0.15, -0.1) is 0 Å². The minimum Gasteiger partial charge on any atom is -0.483 e. The predicted octanol–water partition coefficient (Wildman–Crippen LogP) is 2.94. The molecule has 0 atom stereocenters. The van der Waals surface area contributed by atoms with Gasteiger partial charge in [-0.2, -0.15) is 0 Å². The molecule has 4 nitrogen and oxygen atoms in total. The van der Waals surface area contributed by atoms with E-state index in [9.17, 15) is 4.79 Å². The molecule has 0 bridgehead atoms. The quantitative estimate of drug-likeness (QED) is 0.812. The molecule has 1 saturated carbocycles. The molecule has 0 heterocycles. The summed E-state index contributed by atoms with van der Waals surface area (Å²) in [5.74, 6) is 0.649. The van der Waals surface area contributed by atoms with E-state index in [0.29, 0.717) is 6.54 Å². The van der Waals surface area contributed by atoms with Crippen molar-refractivity contribution in [2.24, 2.45) is 0 Å². The molecule has 0 unspecified atom stereocenters. The van der Waals surface area contributed by atoms with E-state index in [1.54, 1.807) is 0 Å². The summed E-state index contributed by atoms with van der Waals surface area (Å²) in [7, 11) is 2.11. The maximum absolute atomic E-state index is 12.0. The Bertz CT molecular complexity index is 668. The lowest BCUT2D eigenvalue weighted by Crippen LogP contribution is -2.36. The van der Waals surface area contributed by atoms with Crippen molar-refractivity contribution in [2.45, 2.75) is 18.9 Å². The van der Waals surface area contributed by atoms with Crippen LogP contribution in [0.1, 0.15) is 12.8 Å². The average Bonchev–Trinajstić information content (AvgIpc) is 3.46. The summed E-state index contributed by atoms with van der Waals surface area (Å²) in [6.07, 6.45) is 2.56. The highest BCUT2D eigenvalue weighted by Gasteiger charge is 2.25. The van der Waals surface area contributed by atoms with Crippen LogP contribution in [0.2, 0.25) is 0 Å². The molecule has 2 aromatic rings. The Morgan fingerprint density at radius 2 is 1.83 bits per heavy atom. The molecule has 0 radical (unpaired) electrons. The fraction of sp³-hybridized carbons (Fsp3) is 0.350. The van der Waals surface area contributed by atoms with Crippen LogP contribution in [0.15, 0.2) is 54.6 Å². The number of nitrogens with zero attached hydrogens (tertiary/aromatic N) is 1. The van der Waals surface area contributed by atoms with Crippen LogP contribution >= 0.6 is 0 Å². The standard InChI is InChI=1S/C20H24N2O2/c1-22(17-11-12-17)14-13-21-20(23)15-24-19-10-6-5-9-18(19)16-7-3-2-4-8-16/h2-10,17H,11-15H2,1H3,(H,21,23). The molecular weight excluding hydrogens is 300 g/mol. The van der Waals surface area contributed by atoms with Crippen LogP contribution in [-0.2, 0) is 4.79 Å². The Kier molecular flexibility index (Phi) is 5.49. The minimum atomic E-state index is -0.0814. The second-order valence-electron chi connectivity index (χ2n) is 6.21. The SMILES string of the molecule is CN(CCNC(=O)COc1ccccc1-c1ccccc1)C1CC1. The van der Waals surface area contributed by atoms with Crippen molar-refractivity contribution in [1.82, 2.24) is 10.2 Å². The molecule has 126 valence electrons. The molecule has 3 rings (SSSR count). The van der Waals surface area contributed by atoms with Gasteiger partial charge in [0, 0.05) is 24.7 Å². The molecule has 0 saturated heterocycles. The highest BCUT2D eigenvalue weighted by molar-refractivity contribution is 5.78. The summed E-state index contributed by atoms with van der Waals surface area (Å²) in [5.41, 5.74) is 2.08. The molecule has 1 amide bonds. The molecule has 0 aliphatic heterocycles. The monoisotopic (exact) mass is 324 g/mol. The first kappa shape index (κ1) is 16.5. The lowest BCUT2D eigenvalue weighted by Gasteiger charge is -2.16. The average molecular weight is 324 g/mol. The number of hydrogen-bond acceptors (Lipinski definition) is 3. The summed E-state index contributed by atoms with van der Waals surface area (Å²) >= 11 is 0. The molecular formula is C20H24N2O2. The van der Waals surface area contributed by atoms with Crippen molar-refractivity contribution in [3.63, 3.8) is 0 Å². The summed E-state index contributed by atoms with van der Waals surface area (Å²) in [6, 6.07) is 18.6. The van der Waals surface area contributed by atoms with Crippen LogP contribution in [-0.4, -0.2) is 43.6 Å². The number of likely N-dealkylation sites (N-methyl/N-ethyl adjacent to an activating group) is 1. The molecule has 1 fully saturated rings. The van der Waals surface area contributed by atoms with Gasteiger partial charge in [0.25, 0.3) is 5.91 Å². The molecule has 4 heteroatoms. The third-order valence-electron chi connectivity index (χ3n) is 4.29. The zero-order valence-corrected chi connectivity index (χ0v) is 14.1. The number of carbonyl (C=O) groups excluding carboxylic acids is 1. The first-order valence-corrected chi connectivity index (χ1v) is 8.48. The third kappa shape index (κ3) is 4.59.